The van der Waals surface area contributed by atoms with Crippen LogP contribution in [-0.2, 0) is 4.79 Å². The number of halogens is 3. The number of hydrogen-bond donors (Lipinski definition) is 1. The zero-order valence-corrected chi connectivity index (χ0v) is 19.6. The van der Waals surface area contributed by atoms with Crippen LogP contribution < -0.4 is 19.7 Å². The summed E-state index contributed by atoms with van der Waals surface area (Å²) in [4.78, 5) is 16.2. The van der Waals surface area contributed by atoms with E-state index >= 15 is 0 Å². The predicted molar refractivity (Wildman–Crippen MR) is 123 cm³/mol. The van der Waals surface area contributed by atoms with Gasteiger partial charge in [0.15, 0.2) is 16.6 Å². The largest absolute Gasteiger partial charge is 0.493 e. The van der Waals surface area contributed by atoms with Gasteiger partial charge >= 0.3 is 6.61 Å². The lowest BCUT2D eigenvalue weighted by atomic mass is 9.93. The molecule has 33 heavy (non-hydrogen) atoms. The number of hydrogen-bond acceptors (Lipinski definition) is 4. The van der Waals surface area contributed by atoms with Gasteiger partial charge in [0.2, 0.25) is 0 Å². The molecule has 2 aromatic carbocycles. The van der Waals surface area contributed by atoms with Gasteiger partial charge in [0.25, 0.3) is 5.91 Å². The molecule has 0 spiro atoms. The number of alkyl halides is 2. The molecule has 0 aliphatic carbocycles. The number of amides is 1. The zero-order valence-electron chi connectivity index (χ0n) is 18.8. The van der Waals surface area contributed by atoms with Crippen LogP contribution in [-0.4, -0.2) is 43.7 Å². The van der Waals surface area contributed by atoms with Crippen molar-refractivity contribution in [3.05, 3.63) is 64.6 Å². The van der Waals surface area contributed by atoms with Gasteiger partial charge in [0, 0.05) is 19.8 Å². The lowest BCUT2D eigenvalue weighted by molar-refractivity contribution is -0.125. The highest BCUT2D eigenvalue weighted by molar-refractivity contribution is 7.80. The van der Waals surface area contributed by atoms with Crippen molar-refractivity contribution in [2.24, 2.45) is 0 Å². The van der Waals surface area contributed by atoms with Crippen LogP contribution in [0, 0.1) is 12.7 Å². The molecule has 3 rings (SSSR count). The molecule has 176 valence electrons. The SMILES string of the molecule is COc1ccc(C2NC(=S)N(c3ccc(C)c(F)c3)C(C)=C2C(=O)N(C)C)cc1OC(F)F. The lowest BCUT2D eigenvalue weighted by Gasteiger charge is -2.38. The lowest BCUT2D eigenvalue weighted by Crippen LogP contribution is -2.49. The minimum atomic E-state index is -3.05. The Morgan fingerprint density at radius 2 is 1.85 bits per heavy atom. The summed E-state index contributed by atoms with van der Waals surface area (Å²) in [6, 6.07) is 8.40. The highest BCUT2D eigenvalue weighted by Crippen LogP contribution is 2.38. The molecule has 0 saturated carbocycles. The number of aryl methyl sites for hydroxylation is 1. The van der Waals surface area contributed by atoms with E-state index in [-0.39, 0.29) is 22.5 Å². The Morgan fingerprint density at radius 1 is 1.15 bits per heavy atom. The number of allylic oxidation sites excluding steroid dienone is 1. The topological polar surface area (TPSA) is 54.0 Å². The van der Waals surface area contributed by atoms with Crippen LogP contribution in [0.2, 0.25) is 0 Å². The molecule has 0 bridgehead atoms. The molecular weight excluding hydrogens is 455 g/mol. The Balaban J connectivity index is 2.16. The highest BCUT2D eigenvalue weighted by atomic mass is 32.1. The first-order valence-corrected chi connectivity index (χ1v) is 10.4. The zero-order chi connectivity index (χ0) is 24.4. The third-order valence-electron chi connectivity index (χ3n) is 5.27. The first kappa shape index (κ1) is 24.4. The number of rotatable bonds is 6. The summed E-state index contributed by atoms with van der Waals surface area (Å²) < 4.78 is 49.8. The van der Waals surface area contributed by atoms with Gasteiger partial charge in [0.05, 0.1) is 24.4 Å². The Labute approximate surface area is 195 Å². The number of benzene rings is 2. The van der Waals surface area contributed by atoms with E-state index in [4.69, 9.17) is 17.0 Å². The summed E-state index contributed by atoms with van der Waals surface area (Å²) in [5.74, 6) is -0.780. The van der Waals surface area contributed by atoms with E-state index in [2.05, 4.69) is 10.1 Å². The average molecular weight is 480 g/mol. The van der Waals surface area contributed by atoms with E-state index < -0.39 is 18.5 Å². The number of carbonyl (C=O) groups is 1. The maximum absolute atomic E-state index is 14.3. The monoisotopic (exact) mass is 479 g/mol. The maximum Gasteiger partial charge on any atom is 0.387 e. The molecule has 10 heteroatoms. The number of ether oxygens (including phenoxy) is 2. The summed E-state index contributed by atoms with van der Waals surface area (Å²) in [6.45, 7) is 0.296. The Kier molecular flexibility index (Phi) is 7.16. The molecule has 6 nitrogen and oxygen atoms in total. The maximum atomic E-state index is 14.3. The van der Waals surface area contributed by atoms with E-state index in [9.17, 15) is 18.0 Å². The fraction of sp³-hybridized carbons (Fsp3) is 0.304. The van der Waals surface area contributed by atoms with Gasteiger partial charge in [-0.1, -0.05) is 12.1 Å². The van der Waals surface area contributed by atoms with E-state index in [1.165, 1.54) is 30.2 Å². The molecule has 2 aromatic rings. The Bertz CT molecular complexity index is 1120. The van der Waals surface area contributed by atoms with Gasteiger partial charge in [-0.25, -0.2) is 4.39 Å². The molecular formula is C23H24F3N3O3S. The van der Waals surface area contributed by atoms with Crippen molar-refractivity contribution in [2.45, 2.75) is 26.5 Å². The van der Waals surface area contributed by atoms with Crippen LogP contribution in [0.5, 0.6) is 11.5 Å². The van der Waals surface area contributed by atoms with Gasteiger partial charge in [-0.2, -0.15) is 8.78 Å². The average Bonchev–Trinajstić information content (AvgIpc) is 2.74. The van der Waals surface area contributed by atoms with E-state index in [1.54, 1.807) is 51.0 Å². The number of methoxy groups -OCH3 is 1. The van der Waals surface area contributed by atoms with Crippen LogP contribution in [0.1, 0.15) is 24.1 Å². The standard InChI is InChI=1S/C23H24F3N3O3S/c1-12-6-8-15(11-16(12)24)29-13(2)19(21(30)28(3)4)20(27-23(29)33)14-7-9-17(31-5)18(10-14)32-22(25)26/h6-11,20,22H,1-5H3,(H,27,33). The summed E-state index contributed by atoms with van der Waals surface area (Å²) in [5, 5.41) is 3.32. The van der Waals surface area contributed by atoms with E-state index in [1.807, 2.05) is 0 Å². The van der Waals surface area contributed by atoms with Crippen LogP contribution in [0.15, 0.2) is 47.7 Å². The summed E-state index contributed by atoms with van der Waals surface area (Å²) >= 11 is 5.55. The molecule has 0 fully saturated rings. The quantitative estimate of drug-likeness (QED) is 0.614. The summed E-state index contributed by atoms with van der Waals surface area (Å²) in [6.07, 6.45) is 0. The Morgan fingerprint density at radius 3 is 2.42 bits per heavy atom. The van der Waals surface area contributed by atoms with Crippen LogP contribution >= 0.6 is 12.2 Å². The van der Waals surface area contributed by atoms with Crippen molar-refractivity contribution in [1.29, 1.82) is 0 Å². The van der Waals surface area contributed by atoms with Gasteiger partial charge in [-0.05, 0) is 61.5 Å². The molecule has 1 aliphatic heterocycles. The molecule has 1 N–H and O–H groups in total. The summed E-state index contributed by atoms with van der Waals surface area (Å²) in [5.41, 5.74) is 2.20. The van der Waals surface area contributed by atoms with Crippen molar-refractivity contribution in [3.63, 3.8) is 0 Å². The van der Waals surface area contributed by atoms with Crippen molar-refractivity contribution < 1.29 is 27.4 Å². The van der Waals surface area contributed by atoms with Crippen LogP contribution in [0.3, 0.4) is 0 Å². The fourth-order valence-electron chi connectivity index (χ4n) is 3.60. The number of anilines is 1. The second-order valence-corrected chi connectivity index (χ2v) is 8.03. The van der Waals surface area contributed by atoms with E-state index in [0.717, 1.165) is 0 Å². The van der Waals surface area contributed by atoms with Crippen molar-refractivity contribution >= 4 is 28.9 Å². The Hall–Kier alpha value is -3.27. The minimum Gasteiger partial charge on any atom is -0.493 e. The first-order chi connectivity index (χ1) is 15.5. The smallest absolute Gasteiger partial charge is 0.387 e. The van der Waals surface area contributed by atoms with Gasteiger partial charge in [-0.3, -0.25) is 9.69 Å². The fourth-order valence-corrected chi connectivity index (χ4v) is 3.96. The molecule has 1 amide bonds. The van der Waals surface area contributed by atoms with Gasteiger partial charge in [-0.15, -0.1) is 0 Å². The number of likely N-dealkylation sites (N-methyl/N-ethyl adjacent to an activating group) is 1. The third-order valence-corrected chi connectivity index (χ3v) is 5.57. The van der Waals surface area contributed by atoms with Crippen molar-refractivity contribution in [3.8, 4) is 11.5 Å². The molecule has 0 saturated heterocycles. The molecule has 1 heterocycles. The number of nitrogens with zero attached hydrogens (tertiary/aromatic N) is 2. The minimum absolute atomic E-state index is 0.121. The molecule has 1 aliphatic rings. The molecule has 0 aromatic heterocycles. The summed E-state index contributed by atoms with van der Waals surface area (Å²) in [7, 11) is 4.54. The van der Waals surface area contributed by atoms with Gasteiger partial charge in [0.1, 0.15) is 5.82 Å². The number of thiocarbonyl (C=S) groups is 1. The van der Waals surface area contributed by atoms with Gasteiger partial charge < -0.3 is 19.7 Å². The van der Waals surface area contributed by atoms with Crippen LogP contribution in [0.4, 0.5) is 18.9 Å². The normalized spacial score (nSPS) is 16.1. The first-order valence-electron chi connectivity index (χ1n) is 9.97. The van der Waals surface area contributed by atoms with Crippen LogP contribution in [0.25, 0.3) is 0 Å². The second-order valence-electron chi connectivity index (χ2n) is 7.64. The molecule has 1 atom stereocenters. The second kappa shape index (κ2) is 9.70. The van der Waals surface area contributed by atoms with E-state index in [0.29, 0.717) is 28.1 Å². The molecule has 1 unspecified atom stereocenters. The predicted octanol–water partition coefficient (Wildman–Crippen LogP) is 4.54. The number of carbonyl (C=O) groups excluding carboxylic acids is 1. The van der Waals surface area contributed by atoms with Crippen molar-refractivity contribution in [2.75, 3.05) is 26.1 Å². The third kappa shape index (κ3) is 4.90. The highest BCUT2D eigenvalue weighted by Gasteiger charge is 2.36. The number of nitrogens with one attached hydrogen (secondary N) is 1. The molecule has 0 radical (unpaired) electrons. The van der Waals surface area contributed by atoms with Crippen molar-refractivity contribution in [1.82, 2.24) is 10.2 Å².